The summed E-state index contributed by atoms with van der Waals surface area (Å²) < 4.78 is 5.09. The maximum atomic E-state index is 12.0. The number of methoxy groups -OCH3 is 1. The molecule has 2 N–H and O–H groups in total. The third-order valence-electron chi connectivity index (χ3n) is 3.88. The van der Waals surface area contributed by atoms with E-state index in [0.717, 1.165) is 11.3 Å². The van der Waals surface area contributed by atoms with Crippen LogP contribution in [0.3, 0.4) is 0 Å². The summed E-state index contributed by atoms with van der Waals surface area (Å²) in [6, 6.07) is 7.11. The zero-order valence-electron chi connectivity index (χ0n) is 14.2. The largest absolute Gasteiger partial charge is 0.497 e. The van der Waals surface area contributed by atoms with Gasteiger partial charge in [-0.3, -0.25) is 4.79 Å². The number of rotatable bonds is 4. The van der Waals surface area contributed by atoms with Crippen LogP contribution in [-0.2, 0) is 11.3 Å². The molecule has 1 heterocycles. The minimum atomic E-state index is -0.255. The van der Waals surface area contributed by atoms with Crippen LogP contribution in [0.4, 0.5) is 4.79 Å². The molecule has 1 aliphatic rings. The molecular formula is C17H25N3O3. The number of urea groups is 1. The predicted molar refractivity (Wildman–Crippen MR) is 88.2 cm³/mol. The van der Waals surface area contributed by atoms with Gasteiger partial charge in [-0.1, -0.05) is 12.1 Å². The van der Waals surface area contributed by atoms with Crippen LogP contribution >= 0.6 is 0 Å². The first-order valence-electron chi connectivity index (χ1n) is 7.77. The molecule has 2 rings (SSSR count). The lowest BCUT2D eigenvalue weighted by Crippen LogP contribution is -2.46. The molecule has 126 valence electrons. The van der Waals surface area contributed by atoms with Crippen molar-refractivity contribution in [1.29, 1.82) is 0 Å². The molecule has 1 unspecified atom stereocenters. The van der Waals surface area contributed by atoms with Gasteiger partial charge in [0, 0.05) is 25.0 Å². The van der Waals surface area contributed by atoms with E-state index in [1.165, 1.54) is 0 Å². The third-order valence-corrected chi connectivity index (χ3v) is 3.88. The molecule has 0 spiro atoms. The van der Waals surface area contributed by atoms with Crippen LogP contribution < -0.4 is 15.4 Å². The zero-order chi connectivity index (χ0) is 17.0. The number of carbonyl (C=O) groups excluding carboxylic acids is 2. The van der Waals surface area contributed by atoms with E-state index in [9.17, 15) is 9.59 Å². The SMILES string of the molecule is COc1ccc(CNC(=O)NC2CC(=O)N(C(C)(C)C)C2)cc1. The minimum Gasteiger partial charge on any atom is -0.497 e. The fraction of sp³-hybridized carbons (Fsp3) is 0.529. The third kappa shape index (κ3) is 4.61. The highest BCUT2D eigenvalue weighted by Crippen LogP contribution is 2.21. The van der Waals surface area contributed by atoms with Crippen LogP contribution in [0.5, 0.6) is 5.75 Å². The van der Waals surface area contributed by atoms with Gasteiger partial charge in [0.25, 0.3) is 0 Å². The lowest BCUT2D eigenvalue weighted by Gasteiger charge is -2.32. The summed E-state index contributed by atoms with van der Waals surface area (Å²) in [4.78, 5) is 25.8. The molecule has 1 saturated heterocycles. The number of nitrogens with zero attached hydrogens (tertiary/aromatic N) is 1. The van der Waals surface area contributed by atoms with Crippen molar-refractivity contribution in [3.05, 3.63) is 29.8 Å². The van der Waals surface area contributed by atoms with Crippen LogP contribution in [-0.4, -0.2) is 42.1 Å². The van der Waals surface area contributed by atoms with Gasteiger partial charge in [-0.2, -0.15) is 0 Å². The highest BCUT2D eigenvalue weighted by molar-refractivity contribution is 5.82. The maximum absolute atomic E-state index is 12.0. The summed E-state index contributed by atoms with van der Waals surface area (Å²) in [6.07, 6.45) is 0.354. The van der Waals surface area contributed by atoms with Crippen molar-refractivity contribution in [2.75, 3.05) is 13.7 Å². The molecule has 6 nitrogen and oxygen atoms in total. The second-order valence-electron chi connectivity index (χ2n) is 6.75. The highest BCUT2D eigenvalue weighted by Gasteiger charge is 2.36. The van der Waals surface area contributed by atoms with Crippen molar-refractivity contribution < 1.29 is 14.3 Å². The van der Waals surface area contributed by atoms with E-state index in [-0.39, 0.29) is 23.5 Å². The maximum Gasteiger partial charge on any atom is 0.315 e. The Balaban J connectivity index is 1.80. The van der Waals surface area contributed by atoms with Gasteiger partial charge in [0.1, 0.15) is 5.75 Å². The Kier molecular flexibility index (Phi) is 5.13. The lowest BCUT2D eigenvalue weighted by atomic mass is 10.1. The van der Waals surface area contributed by atoms with E-state index in [1.807, 2.05) is 45.0 Å². The summed E-state index contributed by atoms with van der Waals surface area (Å²) in [6.45, 7) is 6.98. The van der Waals surface area contributed by atoms with Crippen LogP contribution in [0.1, 0.15) is 32.8 Å². The number of hydrogen-bond acceptors (Lipinski definition) is 3. The minimum absolute atomic E-state index is 0.0814. The summed E-state index contributed by atoms with van der Waals surface area (Å²) in [5.41, 5.74) is 0.771. The van der Waals surface area contributed by atoms with Crippen LogP contribution in [0.25, 0.3) is 0 Å². The fourth-order valence-corrected chi connectivity index (χ4v) is 2.61. The van der Waals surface area contributed by atoms with Gasteiger partial charge >= 0.3 is 6.03 Å². The van der Waals surface area contributed by atoms with Gasteiger partial charge in [0.2, 0.25) is 5.91 Å². The van der Waals surface area contributed by atoms with E-state index < -0.39 is 0 Å². The monoisotopic (exact) mass is 319 g/mol. The van der Waals surface area contributed by atoms with Crippen molar-refractivity contribution in [2.45, 2.75) is 45.3 Å². The molecular weight excluding hydrogens is 294 g/mol. The van der Waals surface area contributed by atoms with Crippen LogP contribution in [0, 0.1) is 0 Å². The first-order chi connectivity index (χ1) is 10.8. The molecule has 1 aliphatic heterocycles. The molecule has 0 radical (unpaired) electrons. The first-order valence-corrected chi connectivity index (χ1v) is 7.77. The van der Waals surface area contributed by atoms with Gasteiger partial charge in [-0.05, 0) is 38.5 Å². The van der Waals surface area contributed by atoms with Gasteiger partial charge in [-0.15, -0.1) is 0 Å². The average Bonchev–Trinajstić information content (AvgIpc) is 2.86. The number of likely N-dealkylation sites (tertiary alicyclic amines) is 1. The fourth-order valence-electron chi connectivity index (χ4n) is 2.61. The molecule has 23 heavy (non-hydrogen) atoms. The molecule has 0 bridgehead atoms. The van der Waals surface area contributed by atoms with Gasteiger partial charge in [-0.25, -0.2) is 4.79 Å². The van der Waals surface area contributed by atoms with E-state index in [1.54, 1.807) is 12.0 Å². The van der Waals surface area contributed by atoms with Crippen molar-refractivity contribution in [3.8, 4) is 5.75 Å². The Hall–Kier alpha value is -2.24. The van der Waals surface area contributed by atoms with E-state index in [0.29, 0.717) is 19.5 Å². The average molecular weight is 319 g/mol. The van der Waals surface area contributed by atoms with Crippen LogP contribution in [0.15, 0.2) is 24.3 Å². The molecule has 6 heteroatoms. The lowest BCUT2D eigenvalue weighted by molar-refractivity contribution is -0.131. The Morgan fingerprint density at radius 2 is 1.96 bits per heavy atom. The zero-order valence-corrected chi connectivity index (χ0v) is 14.2. The van der Waals surface area contributed by atoms with Gasteiger partial charge in [0.05, 0.1) is 13.2 Å². The Bertz CT molecular complexity index is 563. The summed E-state index contributed by atoms with van der Waals surface area (Å²) >= 11 is 0. The number of amides is 3. The van der Waals surface area contributed by atoms with E-state index >= 15 is 0 Å². The number of nitrogens with one attached hydrogen (secondary N) is 2. The summed E-state index contributed by atoms with van der Waals surface area (Å²) in [5, 5.41) is 5.68. The van der Waals surface area contributed by atoms with Crippen molar-refractivity contribution in [1.82, 2.24) is 15.5 Å². The molecule has 1 atom stereocenters. The molecule has 3 amide bonds. The normalized spacial score (nSPS) is 18.0. The molecule has 0 aliphatic carbocycles. The second-order valence-corrected chi connectivity index (χ2v) is 6.75. The number of carbonyl (C=O) groups is 2. The second kappa shape index (κ2) is 6.89. The Morgan fingerprint density at radius 3 is 2.48 bits per heavy atom. The van der Waals surface area contributed by atoms with E-state index in [2.05, 4.69) is 10.6 Å². The molecule has 1 aromatic carbocycles. The van der Waals surface area contributed by atoms with Gasteiger partial charge in [0.15, 0.2) is 0 Å². The Labute approximate surface area is 137 Å². The summed E-state index contributed by atoms with van der Waals surface area (Å²) in [5.74, 6) is 0.864. The van der Waals surface area contributed by atoms with Crippen molar-refractivity contribution in [2.24, 2.45) is 0 Å². The van der Waals surface area contributed by atoms with Crippen molar-refractivity contribution >= 4 is 11.9 Å². The van der Waals surface area contributed by atoms with Gasteiger partial charge < -0.3 is 20.3 Å². The molecule has 1 aromatic rings. The molecule has 1 fully saturated rings. The number of ether oxygens (including phenoxy) is 1. The van der Waals surface area contributed by atoms with E-state index in [4.69, 9.17) is 4.74 Å². The number of hydrogen-bond donors (Lipinski definition) is 2. The molecule has 0 aromatic heterocycles. The number of benzene rings is 1. The predicted octanol–water partition coefficient (Wildman–Crippen LogP) is 1.89. The topological polar surface area (TPSA) is 70.7 Å². The van der Waals surface area contributed by atoms with Crippen LogP contribution in [0.2, 0.25) is 0 Å². The standard InChI is InChI=1S/C17H25N3O3/c1-17(2,3)20-11-13(9-15(20)21)19-16(22)18-10-12-5-7-14(23-4)8-6-12/h5-8,13H,9-11H2,1-4H3,(H2,18,19,22). The van der Waals surface area contributed by atoms with Crippen molar-refractivity contribution in [3.63, 3.8) is 0 Å². The smallest absolute Gasteiger partial charge is 0.315 e. The quantitative estimate of drug-likeness (QED) is 0.890. The Morgan fingerprint density at radius 1 is 1.30 bits per heavy atom. The molecule has 0 saturated carbocycles. The first kappa shape index (κ1) is 17.1. The summed E-state index contributed by atoms with van der Waals surface area (Å²) in [7, 11) is 1.62. The highest BCUT2D eigenvalue weighted by atomic mass is 16.5.